The van der Waals surface area contributed by atoms with Crippen molar-refractivity contribution >= 4 is 0 Å². The molecule has 1 unspecified atom stereocenters. The highest BCUT2D eigenvalue weighted by atomic mass is 16.5. The van der Waals surface area contributed by atoms with E-state index in [1.54, 1.807) is 0 Å². The van der Waals surface area contributed by atoms with Crippen molar-refractivity contribution in [2.45, 2.75) is 13.3 Å². The summed E-state index contributed by atoms with van der Waals surface area (Å²) in [4.78, 5) is 0. The summed E-state index contributed by atoms with van der Waals surface area (Å²) in [6.45, 7) is 4.81. The first-order chi connectivity index (χ1) is 6.84. The summed E-state index contributed by atoms with van der Waals surface area (Å²) in [6, 6.07) is 3.78. The summed E-state index contributed by atoms with van der Waals surface area (Å²) in [7, 11) is 0. The van der Waals surface area contributed by atoms with Gasteiger partial charge in [0.2, 0.25) is 5.88 Å². The van der Waals surface area contributed by atoms with E-state index in [4.69, 9.17) is 4.74 Å². The van der Waals surface area contributed by atoms with Crippen LogP contribution in [0.25, 0.3) is 0 Å². The van der Waals surface area contributed by atoms with Gasteiger partial charge in [0.15, 0.2) is 0 Å². The van der Waals surface area contributed by atoms with E-state index in [0.717, 1.165) is 25.4 Å². The number of nitrogens with one attached hydrogen (secondary N) is 1. The number of aromatic nitrogens is 2. The van der Waals surface area contributed by atoms with Crippen molar-refractivity contribution in [3.05, 3.63) is 17.8 Å². The van der Waals surface area contributed by atoms with Crippen LogP contribution in [0.15, 0.2) is 12.1 Å². The van der Waals surface area contributed by atoms with Crippen LogP contribution < -0.4 is 10.1 Å². The normalized spacial score (nSPS) is 21.1. The third-order valence-corrected chi connectivity index (χ3v) is 2.40. The van der Waals surface area contributed by atoms with E-state index in [9.17, 15) is 0 Å². The van der Waals surface area contributed by atoms with Crippen LogP contribution in [0.4, 0.5) is 0 Å². The maximum atomic E-state index is 5.53. The van der Waals surface area contributed by atoms with Gasteiger partial charge in [-0.15, -0.1) is 5.10 Å². The Morgan fingerprint density at radius 1 is 1.50 bits per heavy atom. The van der Waals surface area contributed by atoms with Crippen molar-refractivity contribution in [3.8, 4) is 5.88 Å². The molecule has 4 nitrogen and oxygen atoms in total. The quantitative estimate of drug-likeness (QED) is 0.770. The summed E-state index contributed by atoms with van der Waals surface area (Å²) in [5, 5.41) is 11.2. The summed E-state index contributed by atoms with van der Waals surface area (Å²) < 4.78 is 5.53. The van der Waals surface area contributed by atoms with Gasteiger partial charge >= 0.3 is 0 Å². The van der Waals surface area contributed by atoms with E-state index < -0.39 is 0 Å². The van der Waals surface area contributed by atoms with Crippen LogP contribution in [0, 0.1) is 12.8 Å². The predicted molar refractivity (Wildman–Crippen MR) is 53.2 cm³/mol. The molecule has 1 fully saturated rings. The lowest BCUT2D eigenvalue weighted by Gasteiger charge is -2.09. The molecule has 0 radical (unpaired) electrons. The molecule has 14 heavy (non-hydrogen) atoms. The summed E-state index contributed by atoms with van der Waals surface area (Å²) in [5.41, 5.74) is 0.917. The summed E-state index contributed by atoms with van der Waals surface area (Å²) in [5.74, 6) is 1.25. The lowest BCUT2D eigenvalue weighted by atomic mass is 10.1. The minimum atomic E-state index is 0.623. The SMILES string of the molecule is Cc1ccc(OCC2CCNC2)nn1. The van der Waals surface area contributed by atoms with Crippen molar-refractivity contribution in [1.29, 1.82) is 0 Å². The fourth-order valence-corrected chi connectivity index (χ4v) is 1.52. The van der Waals surface area contributed by atoms with Gasteiger partial charge in [-0.05, 0) is 26.0 Å². The van der Waals surface area contributed by atoms with Gasteiger partial charge < -0.3 is 10.1 Å². The van der Waals surface area contributed by atoms with E-state index >= 15 is 0 Å². The van der Waals surface area contributed by atoms with Crippen LogP contribution in [0.1, 0.15) is 12.1 Å². The molecule has 1 aromatic rings. The molecule has 1 N–H and O–H groups in total. The second-order valence-electron chi connectivity index (χ2n) is 3.68. The number of nitrogens with zero attached hydrogens (tertiary/aromatic N) is 2. The van der Waals surface area contributed by atoms with E-state index in [0.29, 0.717) is 11.8 Å². The molecule has 0 bridgehead atoms. The summed E-state index contributed by atoms with van der Waals surface area (Å²) >= 11 is 0. The molecule has 2 rings (SSSR count). The molecule has 4 heteroatoms. The first-order valence-corrected chi connectivity index (χ1v) is 4.98. The maximum absolute atomic E-state index is 5.53. The highest BCUT2D eigenvalue weighted by Crippen LogP contribution is 2.10. The minimum absolute atomic E-state index is 0.623. The second-order valence-corrected chi connectivity index (χ2v) is 3.68. The van der Waals surface area contributed by atoms with Gasteiger partial charge in [0, 0.05) is 18.5 Å². The molecule has 0 amide bonds. The molecular formula is C10H15N3O. The second kappa shape index (κ2) is 4.37. The smallest absolute Gasteiger partial charge is 0.233 e. The van der Waals surface area contributed by atoms with Crippen LogP contribution in [-0.2, 0) is 0 Å². The standard InChI is InChI=1S/C10H15N3O/c1-8-2-3-10(13-12-8)14-7-9-4-5-11-6-9/h2-3,9,11H,4-7H2,1H3. The average molecular weight is 193 g/mol. The molecule has 1 saturated heterocycles. The zero-order chi connectivity index (χ0) is 9.80. The van der Waals surface area contributed by atoms with Gasteiger partial charge in [0.1, 0.15) is 0 Å². The van der Waals surface area contributed by atoms with Gasteiger partial charge in [0.05, 0.1) is 12.3 Å². The molecule has 0 spiro atoms. The fourth-order valence-electron chi connectivity index (χ4n) is 1.52. The van der Waals surface area contributed by atoms with Gasteiger partial charge in [-0.3, -0.25) is 0 Å². The first kappa shape index (κ1) is 9.40. The number of ether oxygens (including phenoxy) is 1. The van der Waals surface area contributed by atoms with Crippen LogP contribution in [0.5, 0.6) is 5.88 Å². The largest absolute Gasteiger partial charge is 0.476 e. The molecular weight excluding hydrogens is 178 g/mol. The Bertz CT molecular complexity index is 280. The highest BCUT2D eigenvalue weighted by molar-refractivity contribution is 5.10. The van der Waals surface area contributed by atoms with Crippen LogP contribution >= 0.6 is 0 Å². The Morgan fingerprint density at radius 3 is 3.07 bits per heavy atom. The monoisotopic (exact) mass is 193 g/mol. The number of aryl methyl sites for hydroxylation is 1. The molecule has 1 aliphatic rings. The minimum Gasteiger partial charge on any atom is -0.476 e. The van der Waals surface area contributed by atoms with Crippen molar-refractivity contribution < 1.29 is 4.74 Å². The molecule has 1 atom stereocenters. The van der Waals surface area contributed by atoms with E-state index in [2.05, 4.69) is 15.5 Å². The fraction of sp³-hybridized carbons (Fsp3) is 0.600. The van der Waals surface area contributed by atoms with Gasteiger partial charge in [-0.1, -0.05) is 0 Å². The first-order valence-electron chi connectivity index (χ1n) is 4.98. The van der Waals surface area contributed by atoms with Crippen LogP contribution in [0.2, 0.25) is 0 Å². The molecule has 0 aromatic carbocycles. The Balaban J connectivity index is 1.82. The number of hydrogen-bond acceptors (Lipinski definition) is 4. The van der Waals surface area contributed by atoms with Gasteiger partial charge in [-0.25, -0.2) is 0 Å². The lowest BCUT2D eigenvalue weighted by molar-refractivity contribution is 0.248. The molecule has 1 aromatic heterocycles. The van der Waals surface area contributed by atoms with Crippen molar-refractivity contribution in [2.24, 2.45) is 5.92 Å². The van der Waals surface area contributed by atoms with Crippen molar-refractivity contribution in [3.63, 3.8) is 0 Å². The Labute approximate surface area is 83.7 Å². The Hall–Kier alpha value is -1.16. The van der Waals surface area contributed by atoms with Gasteiger partial charge in [-0.2, -0.15) is 5.10 Å². The van der Waals surface area contributed by atoms with E-state index in [1.165, 1.54) is 6.42 Å². The molecule has 0 saturated carbocycles. The van der Waals surface area contributed by atoms with Crippen LogP contribution in [-0.4, -0.2) is 29.9 Å². The summed E-state index contributed by atoms with van der Waals surface area (Å²) in [6.07, 6.45) is 1.19. The molecule has 1 aliphatic heterocycles. The predicted octanol–water partition coefficient (Wildman–Crippen LogP) is 0.773. The molecule has 0 aliphatic carbocycles. The lowest BCUT2D eigenvalue weighted by Crippen LogP contribution is -2.16. The zero-order valence-electron chi connectivity index (χ0n) is 8.36. The maximum Gasteiger partial charge on any atom is 0.233 e. The Morgan fingerprint density at radius 2 is 2.43 bits per heavy atom. The number of rotatable bonds is 3. The molecule has 2 heterocycles. The topological polar surface area (TPSA) is 47.0 Å². The van der Waals surface area contributed by atoms with Crippen molar-refractivity contribution in [2.75, 3.05) is 19.7 Å². The third-order valence-electron chi connectivity index (χ3n) is 2.40. The van der Waals surface area contributed by atoms with E-state index in [1.807, 2.05) is 19.1 Å². The molecule has 76 valence electrons. The highest BCUT2D eigenvalue weighted by Gasteiger charge is 2.14. The van der Waals surface area contributed by atoms with Crippen molar-refractivity contribution in [1.82, 2.24) is 15.5 Å². The zero-order valence-corrected chi connectivity index (χ0v) is 8.36. The van der Waals surface area contributed by atoms with E-state index in [-0.39, 0.29) is 0 Å². The average Bonchev–Trinajstić information content (AvgIpc) is 2.70. The van der Waals surface area contributed by atoms with Gasteiger partial charge in [0.25, 0.3) is 0 Å². The third kappa shape index (κ3) is 2.42. The van der Waals surface area contributed by atoms with Crippen LogP contribution in [0.3, 0.4) is 0 Å². The number of hydrogen-bond donors (Lipinski definition) is 1. The Kier molecular flexibility index (Phi) is 2.93.